The fourth-order valence-corrected chi connectivity index (χ4v) is 5.17. The van der Waals surface area contributed by atoms with Crippen LogP contribution in [0.25, 0.3) is 11.0 Å². The van der Waals surface area contributed by atoms with Crippen molar-refractivity contribution in [1.29, 1.82) is 0 Å². The van der Waals surface area contributed by atoms with Gasteiger partial charge in [0.15, 0.2) is 0 Å². The normalized spacial score (nSPS) is 29.8. The molecule has 0 spiro atoms. The molecule has 8 nitrogen and oxygen atoms in total. The first-order chi connectivity index (χ1) is 13.3. The molecule has 3 aliphatic heterocycles. The molecule has 1 saturated carbocycles. The molecule has 1 unspecified atom stereocenters. The van der Waals surface area contributed by atoms with E-state index >= 15 is 0 Å². The zero-order valence-electron chi connectivity index (χ0n) is 14.8. The van der Waals surface area contributed by atoms with Crippen molar-refractivity contribution in [2.24, 2.45) is 17.6 Å². The lowest BCUT2D eigenvalue weighted by molar-refractivity contribution is 0.159. The van der Waals surface area contributed by atoms with E-state index in [1.807, 2.05) is 18.3 Å². The lowest BCUT2D eigenvalue weighted by atomic mass is 9.71. The SMILES string of the molecule is NC1=C([C@H]2C[C@H]3CC[C@@H]2NC3)Nc2[nH]ncc2C1c1cccc2nonc12. The van der Waals surface area contributed by atoms with Crippen molar-refractivity contribution < 1.29 is 4.63 Å². The number of fused-ring (bicyclic) bond motifs is 5. The van der Waals surface area contributed by atoms with Gasteiger partial charge in [-0.2, -0.15) is 5.10 Å². The molecule has 3 aromatic rings. The van der Waals surface area contributed by atoms with Gasteiger partial charge >= 0.3 is 0 Å². The van der Waals surface area contributed by atoms with Gasteiger partial charge in [0.25, 0.3) is 0 Å². The van der Waals surface area contributed by atoms with Crippen LogP contribution in [0.2, 0.25) is 0 Å². The standard InChI is InChI=1S/C19H21N7O/c20-16-15(10-2-1-3-14-17(10)26-27-25-14)12-8-22-24-19(12)23-18(16)11-6-9-4-5-13(11)21-7-9/h1-3,8-9,11,13,15,21H,4-7,20H2,(H2,22,23,24)/t9-,11+,13+,15?/m1/s1. The second-order valence-electron chi connectivity index (χ2n) is 7.91. The smallest absolute Gasteiger partial charge is 0.139 e. The highest BCUT2D eigenvalue weighted by molar-refractivity contribution is 5.80. The van der Waals surface area contributed by atoms with Gasteiger partial charge in [0.1, 0.15) is 16.9 Å². The monoisotopic (exact) mass is 363 g/mol. The van der Waals surface area contributed by atoms with Gasteiger partial charge in [-0.25, -0.2) is 4.63 Å². The molecule has 4 aliphatic rings. The third-order valence-electron chi connectivity index (χ3n) is 6.49. The fraction of sp³-hybridized carbons (Fsp3) is 0.421. The molecular weight excluding hydrogens is 342 g/mol. The first-order valence-corrected chi connectivity index (χ1v) is 9.54. The molecule has 5 N–H and O–H groups in total. The number of hydrogen-bond donors (Lipinski definition) is 4. The van der Waals surface area contributed by atoms with Crippen molar-refractivity contribution in [2.75, 3.05) is 11.9 Å². The second-order valence-corrected chi connectivity index (χ2v) is 7.91. The molecule has 4 atom stereocenters. The maximum Gasteiger partial charge on any atom is 0.139 e. The van der Waals surface area contributed by atoms with Crippen LogP contribution in [0.4, 0.5) is 5.82 Å². The summed E-state index contributed by atoms with van der Waals surface area (Å²) in [5.41, 5.74) is 12.3. The van der Waals surface area contributed by atoms with E-state index in [0.717, 1.165) is 51.8 Å². The molecule has 5 heterocycles. The van der Waals surface area contributed by atoms with Crippen LogP contribution in [0.1, 0.15) is 36.3 Å². The summed E-state index contributed by atoms with van der Waals surface area (Å²) in [5.74, 6) is 1.92. The van der Waals surface area contributed by atoms with E-state index in [-0.39, 0.29) is 5.92 Å². The van der Waals surface area contributed by atoms with Gasteiger partial charge in [-0.3, -0.25) is 5.10 Å². The van der Waals surface area contributed by atoms with Crippen LogP contribution >= 0.6 is 0 Å². The molecule has 2 saturated heterocycles. The minimum atomic E-state index is -0.119. The molecule has 1 aliphatic carbocycles. The van der Waals surface area contributed by atoms with Crippen LogP contribution in [-0.2, 0) is 0 Å². The Morgan fingerprint density at radius 2 is 2.11 bits per heavy atom. The first kappa shape index (κ1) is 15.2. The highest BCUT2D eigenvalue weighted by Gasteiger charge is 2.41. The minimum absolute atomic E-state index is 0.119. The largest absolute Gasteiger partial charge is 0.400 e. The molecular formula is C19H21N7O. The molecule has 0 amide bonds. The van der Waals surface area contributed by atoms with Gasteiger partial charge < -0.3 is 16.4 Å². The number of nitrogens with one attached hydrogen (secondary N) is 3. The number of hydrogen-bond acceptors (Lipinski definition) is 7. The summed E-state index contributed by atoms with van der Waals surface area (Å²) in [6.45, 7) is 1.12. The molecule has 1 aromatic carbocycles. The Balaban J connectivity index is 1.52. The number of anilines is 1. The molecule has 27 heavy (non-hydrogen) atoms. The molecule has 138 valence electrons. The quantitative estimate of drug-likeness (QED) is 0.550. The van der Waals surface area contributed by atoms with Crippen LogP contribution in [-0.4, -0.2) is 33.1 Å². The second kappa shape index (κ2) is 5.56. The number of nitrogens with two attached hydrogens (primary N) is 1. The summed E-state index contributed by atoms with van der Waals surface area (Å²) in [6.07, 6.45) is 5.53. The predicted octanol–water partition coefficient (Wildman–Crippen LogP) is 2.06. The first-order valence-electron chi connectivity index (χ1n) is 9.54. The van der Waals surface area contributed by atoms with Crippen molar-refractivity contribution >= 4 is 16.9 Å². The zero-order chi connectivity index (χ0) is 18.0. The fourth-order valence-electron chi connectivity index (χ4n) is 5.17. The number of aromatic nitrogens is 4. The van der Waals surface area contributed by atoms with Gasteiger partial charge in [-0.15, -0.1) is 0 Å². The highest BCUT2D eigenvalue weighted by Crippen LogP contribution is 2.46. The van der Waals surface area contributed by atoms with Gasteiger partial charge in [0.2, 0.25) is 0 Å². The summed E-state index contributed by atoms with van der Waals surface area (Å²) in [4.78, 5) is 0. The van der Waals surface area contributed by atoms with Gasteiger partial charge in [0, 0.05) is 28.9 Å². The van der Waals surface area contributed by atoms with Crippen molar-refractivity contribution in [2.45, 2.75) is 31.2 Å². The average molecular weight is 363 g/mol. The number of aromatic amines is 1. The molecule has 2 bridgehead atoms. The summed E-state index contributed by atoms with van der Waals surface area (Å²) < 4.78 is 4.98. The van der Waals surface area contributed by atoms with Crippen molar-refractivity contribution in [1.82, 2.24) is 25.8 Å². The van der Waals surface area contributed by atoms with Crippen LogP contribution < -0.4 is 16.4 Å². The highest BCUT2D eigenvalue weighted by atomic mass is 16.6. The van der Waals surface area contributed by atoms with Crippen molar-refractivity contribution in [3.8, 4) is 0 Å². The Bertz CT molecular complexity index is 1040. The van der Waals surface area contributed by atoms with E-state index in [9.17, 15) is 0 Å². The lowest BCUT2D eigenvalue weighted by Gasteiger charge is -2.45. The number of piperidine rings is 2. The van der Waals surface area contributed by atoms with E-state index in [4.69, 9.17) is 10.4 Å². The maximum atomic E-state index is 6.82. The van der Waals surface area contributed by atoms with Crippen molar-refractivity contribution in [3.05, 3.63) is 46.9 Å². The maximum absolute atomic E-state index is 6.82. The Kier molecular flexibility index (Phi) is 3.13. The van der Waals surface area contributed by atoms with E-state index < -0.39 is 0 Å². The van der Waals surface area contributed by atoms with Gasteiger partial charge in [0.05, 0.1) is 12.1 Å². The Hall–Kier alpha value is -2.87. The Morgan fingerprint density at radius 1 is 1.15 bits per heavy atom. The minimum Gasteiger partial charge on any atom is -0.400 e. The van der Waals surface area contributed by atoms with Gasteiger partial charge in [-0.1, -0.05) is 12.1 Å². The molecule has 7 rings (SSSR count). The number of rotatable bonds is 2. The number of benzene rings is 1. The number of allylic oxidation sites excluding steroid dienone is 1. The summed E-state index contributed by atoms with van der Waals surface area (Å²) in [6, 6.07) is 6.40. The number of H-pyrrole nitrogens is 1. The average Bonchev–Trinajstić information content (AvgIpc) is 3.37. The summed E-state index contributed by atoms with van der Waals surface area (Å²) in [5, 5.41) is 22.7. The molecule has 0 radical (unpaired) electrons. The van der Waals surface area contributed by atoms with E-state index in [0.29, 0.717) is 12.0 Å². The van der Waals surface area contributed by atoms with Crippen LogP contribution in [0.3, 0.4) is 0 Å². The van der Waals surface area contributed by atoms with E-state index in [2.05, 4.69) is 37.2 Å². The van der Waals surface area contributed by atoms with Crippen LogP contribution in [0.5, 0.6) is 0 Å². The van der Waals surface area contributed by atoms with E-state index in [1.165, 1.54) is 19.3 Å². The molecule has 2 aromatic heterocycles. The van der Waals surface area contributed by atoms with Gasteiger partial charge in [-0.05, 0) is 53.7 Å². The summed E-state index contributed by atoms with van der Waals surface area (Å²) in [7, 11) is 0. The number of nitrogens with zero attached hydrogens (tertiary/aromatic N) is 3. The zero-order valence-corrected chi connectivity index (χ0v) is 14.8. The van der Waals surface area contributed by atoms with Crippen LogP contribution in [0.15, 0.2) is 40.4 Å². The van der Waals surface area contributed by atoms with E-state index in [1.54, 1.807) is 0 Å². The third-order valence-corrected chi connectivity index (χ3v) is 6.49. The lowest BCUT2D eigenvalue weighted by Crippen LogP contribution is -2.52. The van der Waals surface area contributed by atoms with Crippen molar-refractivity contribution in [3.63, 3.8) is 0 Å². The topological polar surface area (TPSA) is 118 Å². The molecule has 8 heteroatoms. The third kappa shape index (κ3) is 2.16. The predicted molar refractivity (Wildman–Crippen MR) is 99.7 cm³/mol. The molecule has 3 fully saturated rings. The van der Waals surface area contributed by atoms with Crippen LogP contribution in [0, 0.1) is 11.8 Å². The summed E-state index contributed by atoms with van der Waals surface area (Å²) >= 11 is 0. The Morgan fingerprint density at radius 3 is 2.93 bits per heavy atom. The Labute approximate surface area is 155 Å².